The van der Waals surface area contributed by atoms with Gasteiger partial charge in [-0.3, -0.25) is 4.98 Å². The minimum absolute atomic E-state index is 0.771. The number of aromatic nitrogens is 3. The molecule has 1 fully saturated rings. The molecule has 4 heteroatoms. The van der Waals surface area contributed by atoms with Crippen LogP contribution in [0.4, 0.5) is 5.82 Å². The molecule has 2 aromatic heterocycles. The first kappa shape index (κ1) is 11.1. The lowest BCUT2D eigenvalue weighted by Crippen LogP contribution is -2.38. The van der Waals surface area contributed by atoms with E-state index in [1.807, 2.05) is 25.3 Å². The van der Waals surface area contributed by atoms with E-state index in [1.165, 1.54) is 12.0 Å². The van der Waals surface area contributed by atoms with Crippen LogP contribution < -0.4 is 4.90 Å². The third-order valence-corrected chi connectivity index (χ3v) is 3.44. The van der Waals surface area contributed by atoms with Crippen LogP contribution in [-0.2, 0) is 0 Å². The van der Waals surface area contributed by atoms with Crippen molar-refractivity contribution in [2.24, 2.45) is 0 Å². The standard InChI is InChI=1S/C14H16N4/c1-10-11(2)16-13(12-5-3-6-15-9-12)17-14(10)18-7-4-8-18/h3,5-6,9H,4,7-8H2,1-2H3. The van der Waals surface area contributed by atoms with Gasteiger partial charge in [-0.25, -0.2) is 9.97 Å². The minimum Gasteiger partial charge on any atom is -0.356 e. The summed E-state index contributed by atoms with van der Waals surface area (Å²) >= 11 is 0. The molecule has 0 aliphatic carbocycles. The summed E-state index contributed by atoms with van der Waals surface area (Å²) in [6, 6.07) is 3.91. The van der Waals surface area contributed by atoms with Crippen LogP contribution >= 0.6 is 0 Å². The van der Waals surface area contributed by atoms with Crippen molar-refractivity contribution in [2.75, 3.05) is 18.0 Å². The van der Waals surface area contributed by atoms with Crippen molar-refractivity contribution in [1.82, 2.24) is 15.0 Å². The van der Waals surface area contributed by atoms with Crippen molar-refractivity contribution in [1.29, 1.82) is 0 Å². The van der Waals surface area contributed by atoms with E-state index in [1.54, 1.807) is 6.20 Å². The fourth-order valence-corrected chi connectivity index (χ4v) is 2.07. The Kier molecular flexibility index (Phi) is 2.70. The fourth-order valence-electron chi connectivity index (χ4n) is 2.07. The van der Waals surface area contributed by atoms with Crippen molar-refractivity contribution in [2.45, 2.75) is 20.3 Å². The lowest BCUT2D eigenvalue weighted by Gasteiger charge is -2.33. The van der Waals surface area contributed by atoms with E-state index in [2.05, 4.69) is 21.8 Å². The van der Waals surface area contributed by atoms with E-state index in [9.17, 15) is 0 Å². The van der Waals surface area contributed by atoms with Crippen LogP contribution in [0.25, 0.3) is 11.4 Å². The van der Waals surface area contributed by atoms with Gasteiger partial charge >= 0.3 is 0 Å². The Labute approximate surface area is 107 Å². The van der Waals surface area contributed by atoms with E-state index < -0.39 is 0 Å². The molecule has 1 aliphatic rings. The van der Waals surface area contributed by atoms with Gasteiger partial charge in [0.05, 0.1) is 0 Å². The number of hydrogen-bond donors (Lipinski definition) is 0. The van der Waals surface area contributed by atoms with Crippen LogP contribution in [0, 0.1) is 13.8 Å². The van der Waals surface area contributed by atoms with E-state index in [0.717, 1.165) is 36.0 Å². The average molecular weight is 240 g/mol. The molecule has 3 heterocycles. The third kappa shape index (κ3) is 1.83. The largest absolute Gasteiger partial charge is 0.356 e. The number of aryl methyl sites for hydroxylation is 1. The normalized spacial score (nSPS) is 14.4. The molecular formula is C14H16N4. The van der Waals surface area contributed by atoms with Gasteiger partial charge in [0.2, 0.25) is 0 Å². The predicted octanol–water partition coefficient (Wildman–Crippen LogP) is 2.37. The summed E-state index contributed by atoms with van der Waals surface area (Å²) in [6.45, 7) is 6.34. The lowest BCUT2D eigenvalue weighted by molar-refractivity contribution is 0.606. The van der Waals surface area contributed by atoms with E-state index in [4.69, 9.17) is 4.98 Å². The van der Waals surface area contributed by atoms with Crippen molar-refractivity contribution in [3.05, 3.63) is 35.8 Å². The molecule has 1 saturated heterocycles. The Balaban J connectivity index is 2.08. The first-order valence-corrected chi connectivity index (χ1v) is 6.26. The number of anilines is 1. The lowest BCUT2D eigenvalue weighted by atomic mass is 10.1. The Morgan fingerprint density at radius 1 is 1.17 bits per heavy atom. The maximum atomic E-state index is 4.70. The van der Waals surface area contributed by atoms with Crippen LogP contribution in [0.3, 0.4) is 0 Å². The SMILES string of the molecule is Cc1nc(-c2cccnc2)nc(N2CCC2)c1C. The molecule has 0 saturated carbocycles. The molecule has 2 aromatic rings. The summed E-state index contributed by atoms with van der Waals surface area (Å²) in [5.41, 5.74) is 3.20. The van der Waals surface area contributed by atoms with Gasteiger partial charge < -0.3 is 4.90 Å². The first-order chi connectivity index (χ1) is 8.75. The van der Waals surface area contributed by atoms with Gasteiger partial charge in [0.25, 0.3) is 0 Å². The maximum Gasteiger partial charge on any atom is 0.163 e. The molecule has 3 rings (SSSR count). The Bertz CT molecular complexity index is 562. The van der Waals surface area contributed by atoms with Gasteiger partial charge in [0, 0.05) is 42.3 Å². The minimum atomic E-state index is 0.771. The van der Waals surface area contributed by atoms with Crippen LogP contribution in [0.15, 0.2) is 24.5 Å². The zero-order valence-corrected chi connectivity index (χ0v) is 10.7. The molecule has 0 bridgehead atoms. The predicted molar refractivity (Wildman–Crippen MR) is 71.6 cm³/mol. The Hall–Kier alpha value is -1.97. The smallest absolute Gasteiger partial charge is 0.163 e. The highest BCUT2D eigenvalue weighted by Crippen LogP contribution is 2.26. The highest BCUT2D eigenvalue weighted by atomic mass is 15.2. The maximum absolute atomic E-state index is 4.70. The number of nitrogens with zero attached hydrogens (tertiary/aromatic N) is 4. The molecule has 0 atom stereocenters. The molecular weight excluding hydrogens is 224 g/mol. The first-order valence-electron chi connectivity index (χ1n) is 6.26. The van der Waals surface area contributed by atoms with Gasteiger partial charge in [-0.15, -0.1) is 0 Å². The van der Waals surface area contributed by atoms with Crippen molar-refractivity contribution >= 4 is 5.82 Å². The summed E-state index contributed by atoms with van der Waals surface area (Å²) < 4.78 is 0. The molecule has 0 radical (unpaired) electrons. The second-order valence-corrected chi connectivity index (χ2v) is 4.66. The molecule has 0 unspecified atom stereocenters. The van der Waals surface area contributed by atoms with E-state index in [-0.39, 0.29) is 0 Å². The van der Waals surface area contributed by atoms with Crippen LogP contribution in [0.1, 0.15) is 17.7 Å². The monoisotopic (exact) mass is 240 g/mol. The molecule has 0 amide bonds. The van der Waals surface area contributed by atoms with Gasteiger partial charge in [-0.1, -0.05) is 0 Å². The highest BCUT2D eigenvalue weighted by molar-refractivity contribution is 5.60. The molecule has 0 aromatic carbocycles. The van der Waals surface area contributed by atoms with Crippen LogP contribution in [-0.4, -0.2) is 28.0 Å². The zero-order valence-electron chi connectivity index (χ0n) is 10.7. The van der Waals surface area contributed by atoms with Gasteiger partial charge in [-0.2, -0.15) is 0 Å². The number of pyridine rings is 1. The number of hydrogen-bond acceptors (Lipinski definition) is 4. The van der Waals surface area contributed by atoms with Crippen molar-refractivity contribution in [3.8, 4) is 11.4 Å². The highest BCUT2D eigenvalue weighted by Gasteiger charge is 2.20. The van der Waals surface area contributed by atoms with E-state index in [0.29, 0.717) is 0 Å². The van der Waals surface area contributed by atoms with Crippen molar-refractivity contribution < 1.29 is 0 Å². The average Bonchev–Trinajstić information content (AvgIpc) is 2.33. The van der Waals surface area contributed by atoms with Gasteiger partial charge in [-0.05, 0) is 32.4 Å². The third-order valence-electron chi connectivity index (χ3n) is 3.44. The summed E-state index contributed by atoms with van der Waals surface area (Å²) in [5, 5.41) is 0. The Morgan fingerprint density at radius 2 is 2.00 bits per heavy atom. The fraction of sp³-hybridized carbons (Fsp3) is 0.357. The molecule has 0 N–H and O–H groups in total. The Morgan fingerprint density at radius 3 is 2.61 bits per heavy atom. The molecule has 18 heavy (non-hydrogen) atoms. The molecule has 1 aliphatic heterocycles. The zero-order chi connectivity index (χ0) is 12.5. The summed E-state index contributed by atoms with van der Waals surface area (Å²) in [6.07, 6.45) is 4.83. The van der Waals surface area contributed by atoms with Crippen LogP contribution in [0.2, 0.25) is 0 Å². The quantitative estimate of drug-likeness (QED) is 0.808. The van der Waals surface area contributed by atoms with Gasteiger partial charge in [0.1, 0.15) is 5.82 Å². The second-order valence-electron chi connectivity index (χ2n) is 4.66. The van der Waals surface area contributed by atoms with Crippen LogP contribution in [0.5, 0.6) is 0 Å². The second kappa shape index (κ2) is 4.37. The number of rotatable bonds is 2. The van der Waals surface area contributed by atoms with E-state index >= 15 is 0 Å². The summed E-state index contributed by atoms with van der Waals surface area (Å²) in [7, 11) is 0. The summed E-state index contributed by atoms with van der Waals surface area (Å²) in [5.74, 6) is 1.85. The molecule has 0 spiro atoms. The van der Waals surface area contributed by atoms with Crippen molar-refractivity contribution in [3.63, 3.8) is 0 Å². The molecule has 4 nitrogen and oxygen atoms in total. The topological polar surface area (TPSA) is 41.9 Å². The van der Waals surface area contributed by atoms with Gasteiger partial charge in [0.15, 0.2) is 5.82 Å². The summed E-state index contributed by atoms with van der Waals surface area (Å²) in [4.78, 5) is 15.7. The molecule has 92 valence electrons.